The van der Waals surface area contributed by atoms with Gasteiger partial charge in [0.15, 0.2) is 0 Å². The molecule has 17 heavy (non-hydrogen) atoms. The van der Waals surface area contributed by atoms with Crippen LogP contribution in [0.5, 0.6) is 0 Å². The highest BCUT2D eigenvalue weighted by Crippen LogP contribution is 2.30. The third kappa shape index (κ3) is 2.81. The molecule has 0 spiro atoms. The Labute approximate surface area is 108 Å². The molecule has 0 aliphatic carbocycles. The standard InChI is InChI=1S/C10H12ClN3O2S/c1-7-6-13(2-3-17-7)10-9(11)4-8(5-12-10)14(15)16/h4-5,7H,2-3,6H2,1H3. The van der Waals surface area contributed by atoms with Gasteiger partial charge in [-0.3, -0.25) is 10.1 Å². The summed E-state index contributed by atoms with van der Waals surface area (Å²) in [6, 6.07) is 1.36. The van der Waals surface area contributed by atoms with E-state index in [0.29, 0.717) is 16.1 Å². The van der Waals surface area contributed by atoms with Crippen molar-refractivity contribution in [2.75, 3.05) is 23.7 Å². The molecule has 2 rings (SSSR count). The summed E-state index contributed by atoms with van der Waals surface area (Å²) in [4.78, 5) is 16.3. The average molecular weight is 274 g/mol. The molecule has 1 aliphatic heterocycles. The number of hydrogen-bond donors (Lipinski definition) is 0. The van der Waals surface area contributed by atoms with Gasteiger partial charge in [-0.25, -0.2) is 4.98 Å². The van der Waals surface area contributed by atoms with E-state index in [2.05, 4.69) is 16.8 Å². The molecule has 7 heteroatoms. The van der Waals surface area contributed by atoms with Gasteiger partial charge in [0.1, 0.15) is 12.0 Å². The highest BCUT2D eigenvalue weighted by Gasteiger charge is 2.21. The SMILES string of the molecule is CC1CN(c2ncc([N+](=O)[O-])cc2Cl)CCS1. The van der Waals surface area contributed by atoms with Crippen LogP contribution in [0, 0.1) is 10.1 Å². The molecule has 0 radical (unpaired) electrons. The van der Waals surface area contributed by atoms with Crippen molar-refractivity contribution in [3.05, 3.63) is 27.4 Å². The Kier molecular flexibility index (Phi) is 3.73. The maximum atomic E-state index is 10.6. The van der Waals surface area contributed by atoms with E-state index in [1.165, 1.54) is 12.3 Å². The zero-order valence-corrected chi connectivity index (χ0v) is 10.9. The molecule has 0 saturated carbocycles. The van der Waals surface area contributed by atoms with Crippen molar-refractivity contribution in [1.29, 1.82) is 0 Å². The first-order valence-corrected chi connectivity index (χ1v) is 6.67. The predicted molar refractivity (Wildman–Crippen MR) is 70.0 cm³/mol. The van der Waals surface area contributed by atoms with Crippen LogP contribution in [0.3, 0.4) is 0 Å². The van der Waals surface area contributed by atoms with Crippen LogP contribution >= 0.6 is 23.4 Å². The summed E-state index contributed by atoms with van der Waals surface area (Å²) in [5.74, 6) is 1.67. The van der Waals surface area contributed by atoms with Crippen LogP contribution in [0.4, 0.5) is 11.5 Å². The van der Waals surface area contributed by atoms with Crippen molar-refractivity contribution < 1.29 is 4.92 Å². The second-order valence-corrected chi connectivity index (χ2v) is 5.84. The zero-order chi connectivity index (χ0) is 12.4. The Morgan fingerprint density at radius 3 is 3.06 bits per heavy atom. The van der Waals surface area contributed by atoms with Crippen LogP contribution in [0.2, 0.25) is 5.02 Å². The minimum absolute atomic E-state index is 0.0711. The van der Waals surface area contributed by atoms with Crippen LogP contribution in [-0.2, 0) is 0 Å². The molecule has 1 unspecified atom stereocenters. The van der Waals surface area contributed by atoms with Crippen molar-refractivity contribution >= 4 is 34.9 Å². The van der Waals surface area contributed by atoms with Gasteiger partial charge in [0, 0.05) is 30.2 Å². The van der Waals surface area contributed by atoms with Crippen molar-refractivity contribution in [3.8, 4) is 0 Å². The molecule has 1 aromatic rings. The van der Waals surface area contributed by atoms with E-state index < -0.39 is 4.92 Å². The van der Waals surface area contributed by atoms with E-state index in [1.807, 2.05) is 11.8 Å². The number of thioether (sulfide) groups is 1. The molecule has 1 atom stereocenters. The predicted octanol–water partition coefficient (Wildman–Crippen LogP) is 2.58. The number of aromatic nitrogens is 1. The lowest BCUT2D eigenvalue weighted by molar-refractivity contribution is -0.385. The summed E-state index contributed by atoms with van der Waals surface area (Å²) < 4.78 is 0. The number of nitrogens with zero attached hydrogens (tertiary/aromatic N) is 3. The Bertz CT molecular complexity index is 444. The fourth-order valence-electron chi connectivity index (χ4n) is 1.76. The van der Waals surface area contributed by atoms with E-state index in [1.54, 1.807) is 0 Å². The van der Waals surface area contributed by atoms with Crippen LogP contribution in [-0.4, -0.2) is 34.0 Å². The minimum atomic E-state index is -0.489. The lowest BCUT2D eigenvalue weighted by Gasteiger charge is -2.31. The number of rotatable bonds is 2. The van der Waals surface area contributed by atoms with Crippen molar-refractivity contribution in [2.45, 2.75) is 12.2 Å². The summed E-state index contributed by atoms with van der Waals surface area (Å²) in [6.07, 6.45) is 1.26. The fourth-order valence-corrected chi connectivity index (χ4v) is 3.06. The maximum Gasteiger partial charge on any atom is 0.289 e. The Balaban J connectivity index is 2.23. The lowest BCUT2D eigenvalue weighted by atomic mass is 10.3. The highest BCUT2D eigenvalue weighted by molar-refractivity contribution is 8.00. The molecule has 0 bridgehead atoms. The Morgan fingerprint density at radius 2 is 2.47 bits per heavy atom. The number of hydrogen-bond acceptors (Lipinski definition) is 5. The van der Waals surface area contributed by atoms with Gasteiger partial charge >= 0.3 is 0 Å². The number of pyridine rings is 1. The van der Waals surface area contributed by atoms with Gasteiger partial charge in [0.25, 0.3) is 5.69 Å². The van der Waals surface area contributed by atoms with Crippen LogP contribution < -0.4 is 4.90 Å². The van der Waals surface area contributed by atoms with Crippen LogP contribution in [0.15, 0.2) is 12.3 Å². The van der Waals surface area contributed by atoms with Gasteiger partial charge in [-0.05, 0) is 0 Å². The minimum Gasteiger partial charge on any atom is -0.353 e. The van der Waals surface area contributed by atoms with Gasteiger partial charge in [-0.1, -0.05) is 18.5 Å². The molecule has 0 amide bonds. The molecule has 1 fully saturated rings. The van der Waals surface area contributed by atoms with E-state index in [0.717, 1.165) is 18.8 Å². The van der Waals surface area contributed by atoms with Crippen LogP contribution in [0.1, 0.15) is 6.92 Å². The van der Waals surface area contributed by atoms with Crippen molar-refractivity contribution in [3.63, 3.8) is 0 Å². The highest BCUT2D eigenvalue weighted by atomic mass is 35.5. The van der Waals surface area contributed by atoms with Crippen molar-refractivity contribution in [1.82, 2.24) is 4.98 Å². The molecule has 2 heterocycles. The quantitative estimate of drug-likeness (QED) is 0.612. The summed E-state index contributed by atoms with van der Waals surface area (Å²) in [7, 11) is 0. The smallest absolute Gasteiger partial charge is 0.289 e. The summed E-state index contributed by atoms with van der Waals surface area (Å²) >= 11 is 7.95. The first-order chi connectivity index (χ1) is 8.08. The summed E-state index contributed by atoms with van der Waals surface area (Å²) in [6.45, 7) is 3.89. The first kappa shape index (κ1) is 12.4. The molecule has 0 N–H and O–H groups in total. The van der Waals surface area contributed by atoms with Gasteiger partial charge in [-0.15, -0.1) is 0 Å². The average Bonchev–Trinajstić information content (AvgIpc) is 2.28. The number of halogens is 1. The second kappa shape index (κ2) is 5.10. The fraction of sp³-hybridized carbons (Fsp3) is 0.500. The molecular formula is C10H12ClN3O2S. The summed E-state index contributed by atoms with van der Waals surface area (Å²) in [5.41, 5.74) is -0.0711. The van der Waals surface area contributed by atoms with E-state index in [4.69, 9.17) is 11.6 Å². The van der Waals surface area contributed by atoms with Crippen molar-refractivity contribution in [2.24, 2.45) is 0 Å². The third-order valence-electron chi connectivity index (χ3n) is 2.56. The lowest BCUT2D eigenvalue weighted by Crippen LogP contribution is -2.37. The van der Waals surface area contributed by atoms with Gasteiger partial charge in [0.2, 0.25) is 0 Å². The van der Waals surface area contributed by atoms with E-state index >= 15 is 0 Å². The van der Waals surface area contributed by atoms with E-state index in [9.17, 15) is 10.1 Å². The topological polar surface area (TPSA) is 59.3 Å². The molecule has 1 aromatic heterocycles. The Hall–Kier alpha value is -1.01. The molecule has 1 aliphatic rings. The van der Waals surface area contributed by atoms with Crippen LogP contribution in [0.25, 0.3) is 0 Å². The molecular weight excluding hydrogens is 262 g/mol. The molecule has 0 aromatic carbocycles. The normalized spacial score (nSPS) is 20.4. The van der Waals surface area contributed by atoms with Gasteiger partial charge < -0.3 is 4.90 Å². The first-order valence-electron chi connectivity index (χ1n) is 5.24. The number of nitro groups is 1. The zero-order valence-electron chi connectivity index (χ0n) is 9.30. The molecule has 92 valence electrons. The van der Waals surface area contributed by atoms with E-state index in [-0.39, 0.29) is 5.69 Å². The van der Waals surface area contributed by atoms with Gasteiger partial charge in [0.05, 0.1) is 9.95 Å². The third-order valence-corrected chi connectivity index (χ3v) is 3.97. The summed E-state index contributed by atoms with van der Waals surface area (Å²) in [5, 5.41) is 11.5. The molecule has 1 saturated heterocycles. The van der Waals surface area contributed by atoms with Gasteiger partial charge in [-0.2, -0.15) is 11.8 Å². The maximum absolute atomic E-state index is 10.6. The Morgan fingerprint density at radius 1 is 1.71 bits per heavy atom. The second-order valence-electron chi connectivity index (χ2n) is 3.88. The molecule has 5 nitrogen and oxygen atoms in total. The largest absolute Gasteiger partial charge is 0.353 e. The number of anilines is 1. The monoisotopic (exact) mass is 273 g/mol.